The average molecular weight is 263 g/mol. The molecule has 18 heavy (non-hydrogen) atoms. The summed E-state index contributed by atoms with van der Waals surface area (Å²) in [5.74, 6) is 1.32. The van der Waals surface area contributed by atoms with Crippen LogP contribution in [0.15, 0.2) is 40.9 Å². The van der Waals surface area contributed by atoms with Crippen LogP contribution < -0.4 is 9.47 Å². The van der Waals surface area contributed by atoms with E-state index in [1.807, 2.05) is 17.5 Å². The van der Waals surface area contributed by atoms with Crippen molar-refractivity contribution in [3.8, 4) is 11.5 Å². The van der Waals surface area contributed by atoms with Crippen LogP contribution in [0.25, 0.3) is 0 Å². The topological polar surface area (TPSA) is 51.0 Å². The van der Waals surface area contributed by atoms with Gasteiger partial charge in [-0.15, -0.1) is 11.3 Å². The molecule has 0 saturated heterocycles. The van der Waals surface area contributed by atoms with E-state index in [4.69, 9.17) is 9.47 Å². The minimum atomic E-state index is 0.473. The molecule has 0 fully saturated rings. The van der Waals surface area contributed by atoms with Crippen molar-refractivity contribution in [3.05, 3.63) is 46.2 Å². The molecule has 0 bridgehead atoms. The molecule has 0 aliphatic carbocycles. The van der Waals surface area contributed by atoms with Crippen molar-refractivity contribution in [2.24, 2.45) is 5.16 Å². The van der Waals surface area contributed by atoms with Crippen molar-refractivity contribution in [1.82, 2.24) is 0 Å². The van der Waals surface area contributed by atoms with Gasteiger partial charge in [-0.3, -0.25) is 0 Å². The Hall–Kier alpha value is -2.01. The molecule has 0 spiro atoms. The number of oxime groups is 1. The largest absolute Gasteiger partial charge is 0.497 e. The van der Waals surface area contributed by atoms with Gasteiger partial charge in [0.1, 0.15) is 17.2 Å². The first-order valence-corrected chi connectivity index (χ1v) is 6.16. The lowest BCUT2D eigenvalue weighted by Gasteiger charge is -2.10. The Balaban J connectivity index is 2.54. The molecule has 0 unspecified atom stereocenters. The minimum Gasteiger partial charge on any atom is -0.497 e. The summed E-state index contributed by atoms with van der Waals surface area (Å²) in [4.78, 5) is 0.865. The maximum atomic E-state index is 9.23. The molecule has 0 radical (unpaired) electrons. The molecule has 0 aliphatic heterocycles. The fraction of sp³-hybridized carbons (Fsp3) is 0.154. The monoisotopic (exact) mass is 263 g/mol. The van der Waals surface area contributed by atoms with Gasteiger partial charge in [-0.2, -0.15) is 0 Å². The molecule has 0 saturated carbocycles. The summed E-state index contributed by atoms with van der Waals surface area (Å²) in [6.07, 6.45) is 0. The molecular weight excluding hydrogens is 250 g/mol. The van der Waals surface area contributed by atoms with E-state index < -0.39 is 0 Å². The lowest BCUT2D eigenvalue weighted by atomic mass is 10.1. The van der Waals surface area contributed by atoms with Crippen molar-refractivity contribution in [2.45, 2.75) is 0 Å². The van der Waals surface area contributed by atoms with Gasteiger partial charge in [0.2, 0.25) is 0 Å². The summed E-state index contributed by atoms with van der Waals surface area (Å²) in [5, 5.41) is 14.5. The lowest BCUT2D eigenvalue weighted by molar-refractivity contribution is 0.319. The second-order valence-electron chi connectivity index (χ2n) is 3.49. The number of ether oxygens (including phenoxy) is 2. The van der Waals surface area contributed by atoms with Gasteiger partial charge in [-0.25, -0.2) is 0 Å². The van der Waals surface area contributed by atoms with Crippen molar-refractivity contribution >= 4 is 17.0 Å². The highest BCUT2D eigenvalue weighted by Gasteiger charge is 2.15. The number of nitrogens with zero attached hydrogens (tertiary/aromatic N) is 1. The van der Waals surface area contributed by atoms with Crippen LogP contribution in [-0.4, -0.2) is 25.1 Å². The fourth-order valence-electron chi connectivity index (χ4n) is 1.65. The summed E-state index contributed by atoms with van der Waals surface area (Å²) >= 11 is 1.50. The van der Waals surface area contributed by atoms with Gasteiger partial charge in [0.25, 0.3) is 0 Å². The van der Waals surface area contributed by atoms with Gasteiger partial charge >= 0.3 is 0 Å². The molecule has 0 amide bonds. The third-order valence-corrected chi connectivity index (χ3v) is 3.39. The van der Waals surface area contributed by atoms with Crippen LogP contribution in [0.2, 0.25) is 0 Å². The molecule has 4 nitrogen and oxygen atoms in total. The molecule has 5 heteroatoms. The van der Waals surface area contributed by atoms with Crippen molar-refractivity contribution in [3.63, 3.8) is 0 Å². The predicted molar refractivity (Wildman–Crippen MR) is 71.3 cm³/mol. The summed E-state index contributed by atoms with van der Waals surface area (Å²) in [7, 11) is 3.17. The van der Waals surface area contributed by atoms with Crippen molar-refractivity contribution in [1.29, 1.82) is 0 Å². The zero-order chi connectivity index (χ0) is 13.0. The first-order valence-electron chi connectivity index (χ1n) is 5.28. The number of benzene rings is 1. The quantitative estimate of drug-likeness (QED) is 0.524. The molecule has 1 aromatic carbocycles. The molecule has 1 aromatic heterocycles. The molecule has 2 aromatic rings. The maximum absolute atomic E-state index is 9.23. The Morgan fingerprint density at radius 3 is 2.61 bits per heavy atom. The normalized spacial score (nSPS) is 11.3. The van der Waals surface area contributed by atoms with Gasteiger partial charge in [-0.1, -0.05) is 11.2 Å². The molecule has 94 valence electrons. The highest BCUT2D eigenvalue weighted by atomic mass is 32.1. The van der Waals surface area contributed by atoms with Crippen LogP contribution in [0.1, 0.15) is 10.4 Å². The van der Waals surface area contributed by atoms with Gasteiger partial charge < -0.3 is 14.7 Å². The van der Waals surface area contributed by atoms with E-state index in [2.05, 4.69) is 5.16 Å². The summed E-state index contributed by atoms with van der Waals surface area (Å²) in [5.41, 5.74) is 1.17. The zero-order valence-electron chi connectivity index (χ0n) is 10.1. The Labute approximate surface area is 109 Å². The number of hydrogen-bond acceptors (Lipinski definition) is 5. The SMILES string of the molecule is COc1ccc(OC)c(C(=NO)c2cccs2)c1. The molecular formula is C13H13NO3S. The van der Waals surface area contributed by atoms with Crippen LogP contribution in [0, 0.1) is 0 Å². The molecule has 0 aliphatic rings. The average Bonchev–Trinajstić information content (AvgIpc) is 2.93. The van der Waals surface area contributed by atoms with Gasteiger partial charge in [0.15, 0.2) is 0 Å². The van der Waals surface area contributed by atoms with Crippen molar-refractivity contribution < 1.29 is 14.7 Å². The Morgan fingerprint density at radius 1 is 1.22 bits per heavy atom. The first kappa shape index (κ1) is 12.4. The maximum Gasteiger partial charge on any atom is 0.130 e. The third kappa shape index (κ3) is 2.31. The van der Waals surface area contributed by atoms with E-state index in [0.717, 1.165) is 4.88 Å². The fourth-order valence-corrected chi connectivity index (χ4v) is 2.37. The Morgan fingerprint density at radius 2 is 2.06 bits per heavy atom. The van der Waals surface area contributed by atoms with Crippen LogP contribution in [0.5, 0.6) is 11.5 Å². The first-order chi connectivity index (χ1) is 8.80. The predicted octanol–water partition coefficient (Wildman–Crippen LogP) is 2.99. The van der Waals surface area contributed by atoms with Crippen LogP contribution in [0.3, 0.4) is 0 Å². The molecule has 2 rings (SSSR count). The second kappa shape index (κ2) is 5.55. The second-order valence-corrected chi connectivity index (χ2v) is 4.44. The lowest BCUT2D eigenvalue weighted by Crippen LogP contribution is -2.04. The standard InChI is InChI=1S/C13H13NO3S/c1-16-9-5-6-11(17-2)10(8-9)13(14-15)12-4-3-7-18-12/h3-8,15H,1-2H3. The Bertz CT molecular complexity index is 549. The van der Waals surface area contributed by atoms with Gasteiger partial charge in [0, 0.05) is 0 Å². The van der Waals surface area contributed by atoms with Gasteiger partial charge in [0.05, 0.1) is 24.7 Å². The van der Waals surface area contributed by atoms with Gasteiger partial charge in [-0.05, 0) is 29.6 Å². The van der Waals surface area contributed by atoms with Crippen LogP contribution in [0.4, 0.5) is 0 Å². The molecule has 0 atom stereocenters. The summed E-state index contributed by atoms with van der Waals surface area (Å²) < 4.78 is 10.5. The van der Waals surface area contributed by atoms with E-state index in [0.29, 0.717) is 22.8 Å². The van der Waals surface area contributed by atoms with Crippen LogP contribution >= 0.6 is 11.3 Å². The smallest absolute Gasteiger partial charge is 0.130 e. The highest BCUT2D eigenvalue weighted by molar-refractivity contribution is 7.12. The van der Waals surface area contributed by atoms with E-state index in [1.165, 1.54) is 11.3 Å². The Kier molecular flexibility index (Phi) is 3.84. The number of rotatable bonds is 4. The van der Waals surface area contributed by atoms with Crippen molar-refractivity contribution in [2.75, 3.05) is 14.2 Å². The number of methoxy groups -OCH3 is 2. The molecule has 1 N–H and O–H groups in total. The summed E-state index contributed by atoms with van der Waals surface area (Å²) in [6.45, 7) is 0. The van der Waals surface area contributed by atoms with E-state index in [9.17, 15) is 5.21 Å². The molecule has 1 heterocycles. The minimum absolute atomic E-state index is 0.473. The third-order valence-electron chi connectivity index (χ3n) is 2.52. The highest BCUT2D eigenvalue weighted by Crippen LogP contribution is 2.28. The number of thiophene rings is 1. The van der Waals surface area contributed by atoms with E-state index >= 15 is 0 Å². The number of hydrogen-bond donors (Lipinski definition) is 1. The van der Waals surface area contributed by atoms with E-state index in [-0.39, 0.29) is 0 Å². The summed E-state index contributed by atoms with van der Waals surface area (Å²) in [6, 6.07) is 9.16. The van der Waals surface area contributed by atoms with Crippen LogP contribution in [-0.2, 0) is 0 Å². The zero-order valence-corrected chi connectivity index (χ0v) is 10.9. The van der Waals surface area contributed by atoms with E-state index in [1.54, 1.807) is 32.4 Å².